The molecule has 1 atom stereocenters. The van der Waals surface area contributed by atoms with E-state index in [0.29, 0.717) is 5.75 Å². The number of furan rings is 1. The lowest BCUT2D eigenvalue weighted by Gasteiger charge is -2.08. The fourth-order valence-corrected chi connectivity index (χ4v) is 1.54. The van der Waals surface area contributed by atoms with Gasteiger partial charge in [-0.25, -0.2) is 0 Å². The predicted molar refractivity (Wildman–Crippen MR) is 53.4 cm³/mol. The quantitative estimate of drug-likeness (QED) is 0.794. The molecule has 3 heteroatoms. The molecular weight excluding hydrogens is 180 g/mol. The summed E-state index contributed by atoms with van der Waals surface area (Å²) in [7, 11) is 1.59. The van der Waals surface area contributed by atoms with Gasteiger partial charge in [0.1, 0.15) is 11.3 Å². The smallest absolute Gasteiger partial charge is 0.137 e. The average Bonchev–Trinajstić information content (AvgIpc) is 2.63. The van der Waals surface area contributed by atoms with E-state index in [2.05, 4.69) is 0 Å². The monoisotopic (exact) mass is 192 g/mol. The first-order valence-electron chi connectivity index (χ1n) is 4.45. The van der Waals surface area contributed by atoms with Gasteiger partial charge in [0.2, 0.25) is 0 Å². The minimum Gasteiger partial charge on any atom is -0.497 e. The number of hydrogen-bond acceptors (Lipinski definition) is 3. The third-order valence-corrected chi connectivity index (χ3v) is 2.26. The maximum Gasteiger partial charge on any atom is 0.137 e. The molecule has 0 aliphatic heterocycles. The molecule has 1 unspecified atom stereocenters. The van der Waals surface area contributed by atoms with E-state index in [0.717, 1.165) is 16.5 Å². The van der Waals surface area contributed by atoms with Crippen LogP contribution in [0.1, 0.15) is 18.6 Å². The van der Waals surface area contributed by atoms with Crippen molar-refractivity contribution in [2.75, 3.05) is 7.11 Å². The maximum absolute atomic E-state index is 9.56. The van der Waals surface area contributed by atoms with E-state index in [-0.39, 0.29) is 0 Å². The summed E-state index contributed by atoms with van der Waals surface area (Å²) in [4.78, 5) is 0. The maximum atomic E-state index is 9.56. The lowest BCUT2D eigenvalue weighted by atomic mass is 10.1. The summed E-state index contributed by atoms with van der Waals surface area (Å²) < 4.78 is 10.4. The van der Waals surface area contributed by atoms with Crippen molar-refractivity contribution in [3.8, 4) is 5.75 Å². The molecule has 0 spiro atoms. The van der Waals surface area contributed by atoms with Crippen LogP contribution < -0.4 is 4.74 Å². The topological polar surface area (TPSA) is 42.6 Å². The van der Waals surface area contributed by atoms with Crippen LogP contribution in [0.25, 0.3) is 11.0 Å². The molecule has 0 saturated heterocycles. The Kier molecular flexibility index (Phi) is 2.17. The first-order valence-corrected chi connectivity index (χ1v) is 4.45. The van der Waals surface area contributed by atoms with Crippen molar-refractivity contribution in [1.82, 2.24) is 0 Å². The second kappa shape index (κ2) is 3.35. The van der Waals surface area contributed by atoms with Crippen molar-refractivity contribution in [2.24, 2.45) is 0 Å². The molecular formula is C11H12O3. The van der Waals surface area contributed by atoms with Gasteiger partial charge < -0.3 is 14.3 Å². The summed E-state index contributed by atoms with van der Waals surface area (Å²) >= 11 is 0. The second-order valence-corrected chi connectivity index (χ2v) is 3.23. The molecule has 0 saturated carbocycles. The van der Waals surface area contributed by atoms with Crippen LogP contribution in [0.4, 0.5) is 0 Å². The molecule has 1 aromatic carbocycles. The molecule has 74 valence electrons. The largest absolute Gasteiger partial charge is 0.497 e. The first-order chi connectivity index (χ1) is 6.72. The van der Waals surface area contributed by atoms with Crippen molar-refractivity contribution in [2.45, 2.75) is 13.0 Å². The normalized spacial score (nSPS) is 13.1. The molecule has 1 N–H and O–H groups in total. The third kappa shape index (κ3) is 1.36. The van der Waals surface area contributed by atoms with Crippen LogP contribution in [0.15, 0.2) is 28.9 Å². The van der Waals surface area contributed by atoms with Crippen molar-refractivity contribution in [1.29, 1.82) is 0 Å². The van der Waals surface area contributed by atoms with Crippen LogP contribution in [0, 0.1) is 0 Å². The highest BCUT2D eigenvalue weighted by atomic mass is 16.5. The van der Waals surface area contributed by atoms with Crippen LogP contribution in [0.5, 0.6) is 5.75 Å². The number of aliphatic hydroxyl groups is 1. The number of methoxy groups -OCH3 is 1. The average molecular weight is 192 g/mol. The molecule has 14 heavy (non-hydrogen) atoms. The molecule has 2 aromatic rings. The zero-order valence-electron chi connectivity index (χ0n) is 8.15. The Bertz CT molecular complexity index is 443. The van der Waals surface area contributed by atoms with Gasteiger partial charge in [-0.15, -0.1) is 0 Å². The highest BCUT2D eigenvalue weighted by Crippen LogP contribution is 2.29. The summed E-state index contributed by atoms with van der Waals surface area (Å²) in [5, 5.41) is 10.5. The lowest BCUT2D eigenvalue weighted by molar-refractivity contribution is 0.200. The summed E-state index contributed by atoms with van der Waals surface area (Å²) in [6.45, 7) is 1.72. The molecule has 0 aliphatic carbocycles. The Morgan fingerprint density at radius 1 is 1.43 bits per heavy atom. The Hall–Kier alpha value is -1.48. The van der Waals surface area contributed by atoms with Gasteiger partial charge in [-0.1, -0.05) is 0 Å². The SMILES string of the molecule is COc1cc(C(C)O)c2ccoc2c1. The van der Waals surface area contributed by atoms with E-state index < -0.39 is 6.10 Å². The first kappa shape index (κ1) is 9.09. The Balaban J connectivity index is 2.70. The van der Waals surface area contributed by atoms with Gasteiger partial charge in [-0.05, 0) is 24.6 Å². The van der Waals surface area contributed by atoms with E-state index in [4.69, 9.17) is 9.15 Å². The highest BCUT2D eigenvalue weighted by Gasteiger charge is 2.10. The number of hydrogen-bond donors (Lipinski definition) is 1. The molecule has 2 rings (SSSR count). The zero-order valence-corrected chi connectivity index (χ0v) is 8.15. The van der Waals surface area contributed by atoms with Crippen LogP contribution in [-0.2, 0) is 0 Å². The van der Waals surface area contributed by atoms with E-state index in [1.165, 1.54) is 0 Å². The minimum absolute atomic E-state index is 0.523. The number of rotatable bonds is 2. The van der Waals surface area contributed by atoms with Crippen molar-refractivity contribution in [3.63, 3.8) is 0 Å². The molecule has 0 aliphatic rings. The Labute approximate surface area is 81.9 Å². The number of ether oxygens (including phenoxy) is 1. The lowest BCUT2D eigenvalue weighted by Crippen LogP contribution is -1.93. The molecule has 0 bridgehead atoms. The number of fused-ring (bicyclic) bond motifs is 1. The molecule has 1 aromatic heterocycles. The summed E-state index contributed by atoms with van der Waals surface area (Å²) in [6, 6.07) is 5.47. The van der Waals surface area contributed by atoms with Gasteiger partial charge in [0.05, 0.1) is 19.5 Å². The van der Waals surface area contributed by atoms with Crippen LogP contribution in [0.2, 0.25) is 0 Å². The fourth-order valence-electron chi connectivity index (χ4n) is 1.54. The summed E-state index contributed by atoms with van der Waals surface area (Å²) in [5.74, 6) is 0.698. The third-order valence-electron chi connectivity index (χ3n) is 2.26. The zero-order chi connectivity index (χ0) is 10.1. The Morgan fingerprint density at radius 3 is 2.86 bits per heavy atom. The standard InChI is InChI=1S/C11H12O3/c1-7(12)10-5-8(13-2)6-11-9(10)3-4-14-11/h3-7,12H,1-2H3. The van der Waals surface area contributed by atoms with Gasteiger partial charge >= 0.3 is 0 Å². The molecule has 0 radical (unpaired) electrons. The predicted octanol–water partition coefficient (Wildman–Crippen LogP) is 2.49. The number of benzene rings is 1. The number of aliphatic hydroxyl groups excluding tert-OH is 1. The molecule has 3 nitrogen and oxygen atoms in total. The van der Waals surface area contributed by atoms with Crippen LogP contribution in [-0.4, -0.2) is 12.2 Å². The molecule has 0 fully saturated rings. The van der Waals surface area contributed by atoms with Gasteiger partial charge in [-0.2, -0.15) is 0 Å². The minimum atomic E-state index is -0.523. The summed E-state index contributed by atoms with van der Waals surface area (Å²) in [6.07, 6.45) is 1.08. The van der Waals surface area contributed by atoms with Crippen molar-refractivity contribution < 1.29 is 14.3 Å². The second-order valence-electron chi connectivity index (χ2n) is 3.23. The van der Waals surface area contributed by atoms with Gasteiger partial charge in [-0.3, -0.25) is 0 Å². The van der Waals surface area contributed by atoms with Gasteiger partial charge in [0.25, 0.3) is 0 Å². The molecule has 0 amide bonds. The summed E-state index contributed by atoms with van der Waals surface area (Å²) in [5.41, 5.74) is 1.56. The van der Waals surface area contributed by atoms with Crippen molar-refractivity contribution >= 4 is 11.0 Å². The van der Waals surface area contributed by atoms with Crippen LogP contribution >= 0.6 is 0 Å². The van der Waals surface area contributed by atoms with E-state index in [1.54, 1.807) is 26.4 Å². The van der Waals surface area contributed by atoms with E-state index >= 15 is 0 Å². The fraction of sp³-hybridized carbons (Fsp3) is 0.273. The van der Waals surface area contributed by atoms with Gasteiger partial charge in [0.15, 0.2) is 0 Å². The van der Waals surface area contributed by atoms with E-state index in [1.807, 2.05) is 12.1 Å². The van der Waals surface area contributed by atoms with Crippen LogP contribution in [0.3, 0.4) is 0 Å². The van der Waals surface area contributed by atoms with E-state index in [9.17, 15) is 5.11 Å². The van der Waals surface area contributed by atoms with Gasteiger partial charge in [0, 0.05) is 11.5 Å². The highest BCUT2D eigenvalue weighted by molar-refractivity contribution is 5.82. The molecule has 1 heterocycles. The Morgan fingerprint density at radius 2 is 2.21 bits per heavy atom. The van der Waals surface area contributed by atoms with Crippen molar-refractivity contribution in [3.05, 3.63) is 30.0 Å².